The molecule has 7 atom stereocenters. The lowest BCUT2D eigenvalue weighted by Crippen LogP contribution is -2.71. The van der Waals surface area contributed by atoms with Crippen LogP contribution in [0, 0.1) is 5.92 Å². The molecule has 3 aromatic carbocycles. The molecule has 0 bridgehead atoms. The first kappa shape index (κ1) is 35.5. The number of ether oxygens (including phenoxy) is 6. The van der Waals surface area contributed by atoms with E-state index in [4.69, 9.17) is 28.4 Å². The van der Waals surface area contributed by atoms with E-state index in [9.17, 15) is 30.3 Å². The van der Waals surface area contributed by atoms with Crippen molar-refractivity contribution in [2.24, 2.45) is 5.92 Å². The summed E-state index contributed by atoms with van der Waals surface area (Å²) in [5.74, 6) is 0.787. The number of carbonyl (C=O) groups is 1. The highest BCUT2D eigenvalue weighted by molar-refractivity contribution is 5.79. The Labute approximate surface area is 289 Å². The summed E-state index contributed by atoms with van der Waals surface area (Å²) in [6.45, 7) is 5.27. The zero-order valence-electron chi connectivity index (χ0n) is 28.3. The van der Waals surface area contributed by atoms with Crippen LogP contribution in [0.5, 0.6) is 34.5 Å². The van der Waals surface area contributed by atoms with Gasteiger partial charge in [-0.15, -0.1) is 0 Å². The molecule has 0 aromatic heterocycles. The molecule has 3 aliphatic heterocycles. The fourth-order valence-electron chi connectivity index (χ4n) is 6.72. The summed E-state index contributed by atoms with van der Waals surface area (Å²) in [7, 11) is 3.02. The van der Waals surface area contributed by atoms with Crippen LogP contribution in [0.1, 0.15) is 43.4 Å². The number of aromatic hydroxyl groups is 1. The van der Waals surface area contributed by atoms with Crippen LogP contribution in [0.3, 0.4) is 0 Å². The average Bonchev–Trinajstić information content (AvgIpc) is 3.47. The maximum absolute atomic E-state index is 12.3. The highest BCUT2D eigenvalue weighted by atomic mass is 16.7. The molecule has 0 saturated carbocycles. The molecule has 0 radical (unpaired) electrons. The van der Waals surface area contributed by atoms with E-state index >= 15 is 0 Å². The quantitative estimate of drug-likeness (QED) is 0.102. The fraction of sp³-hybridized carbons (Fsp3) is 0.472. The van der Waals surface area contributed by atoms with Crippen molar-refractivity contribution in [2.45, 2.75) is 62.5 Å². The Morgan fingerprint density at radius 1 is 1.10 bits per heavy atom. The molecule has 14 heteroatoms. The van der Waals surface area contributed by atoms with E-state index in [0.717, 1.165) is 18.5 Å². The van der Waals surface area contributed by atoms with Gasteiger partial charge in [-0.3, -0.25) is 5.32 Å². The third kappa shape index (κ3) is 6.50. The Bertz CT molecular complexity index is 1700. The minimum absolute atomic E-state index is 0.0124. The zero-order valence-corrected chi connectivity index (χ0v) is 28.3. The van der Waals surface area contributed by atoms with Crippen molar-refractivity contribution in [3.05, 3.63) is 59.7 Å². The summed E-state index contributed by atoms with van der Waals surface area (Å²) < 4.78 is 36.5. The standard InChI is InChI=1S/C36H44N2O12/c1-18(2)10-11-38-17-47-25-9-8-22-24-15-46-26-14-21(48-34-29(41)28(40)33(42)36(50-34,16-37-3)35(43)44)13-23(19-6-5-7-20(39)12-19)27(26)30(24)49-31(22)32(25)45-4/h5-9,12-14,18,24,28-30,33-34,37-42H,10-11,15-17H2,1-4H3,(H,43,44)/t24-,28+,29+,30-,33-,34-,36-/m0/s1. The first-order valence-corrected chi connectivity index (χ1v) is 16.6. The largest absolute Gasteiger partial charge is 0.508 e. The molecule has 7 N–H and O–H groups in total. The molecule has 3 aromatic rings. The summed E-state index contributed by atoms with van der Waals surface area (Å²) in [5.41, 5.74) is 0.367. The number of aliphatic hydroxyl groups excluding tert-OH is 3. The van der Waals surface area contributed by atoms with Crippen LogP contribution in [-0.2, 0) is 9.53 Å². The van der Waals surface area contributed by atoms with E-state index in [1.807, 2.05) is 12.1 Å². The second-order valence-corrected chi connectivity index (χ2v) is 13.1. The molecule has 0 spiro atoms. The molecular weight excluding hydrogens is 652 g/mol. The Morgan fingerprint density at radius 3 is 2.60 bits per heavy atom. The molecule has 3 aliphatic rings. The maximum atomic E-state index is 12.3. The summed E-state index contributed by atoms with van der Waals surface area (Å²) in [4.78, 5) is 12.3. The average molecular weight is 697 g/mol. The number of hydrogen-bond acceptors (Lipinski definition) is 13. The SMILES string of the molecule is CNC[C@]1(C(=O)O)O[C@H](Oc2cc3c(c(-c4cccc(O)c4)c2)[C@H]2Oc4c(ccc(OCNCCC(C)C)c4OC)[C@@H]2CO3)[C@H](O)[C@@H](O)[C@@H]1O. The first-order valence-electron chi connectivity index (χ1n) is 16.6. The summed E-state index contributed by atoms with van der Waals surface area (Å²) in [6.07, 6.45) is -6.88. The highest BCUT2D eigenvalue weighted by Gasteiger charge is 2.59. The predicted octanol–water partition coefficient (Wildman–Crippen LogP) is 2.51. The van der Waals surface area contributed by atoms with Gasteiger partial charge in [-0.2, -0.15) is 0 Å². The Balaban J connectivity index is 1.35. The van der Waals surface area contributed by atoms with Crippen molar-refractivity contribution >= 4 is 5.97 Å². The van der Waals surface area contributed by atoms with E-state index in [0.29, 0.717) is 52.3 Å². The van der Waals surface area contributed by atoms with Gasteiger partial charge in [0.05, 0.1) is 19.6 Å². The van der Waals surface area contributed by atoms with Gasteiger partial charge in [-0.25, -0.2) is 4.79 Å². The Morgan fingerprint density at radius 2 is 1.90 bits per heavy atom. The minimum Gasteiger partial charge on any atom is -0.508 e. The van der Waals surface area contributed by atoms with Crippen molar-refractivity contribution in [1.82, 2.24) is 10.6 Å². The number of nitrogens with one attached hydrogen (secondary N) is 2. The topological polar surface area (TPSA) is 198 Å². The third-order valence-corrected chi connectivity index (χ3v) is 9.33. The molecule has 0 amide bonds. The van der Waals surface area contributed by atoms with Crippen LogP contribution >= 0.6 is 0 Å². The molecule has 0 unspecified atom stereocenters. The van der Waals surface area contributed by atoms with Gasteiger partial charge in [0.2, 0.25) is 17.6 Å². The minimum atomic E-state index is -2.32. The van der Waals surface area contributed by atoms with E-state index in [1.165, 1.54) is 13.1 Å². The van der Waals surface area contributed by atoms with Crippen molar-refractivity contribution in [3.63, 3.8) is 0 Å². The van der Waals surface area contributed by atoms with Gasteiger partial charge in [0.25, 0.3) is 0 Å². The lowest BCUT2D eigenvalue weighted by molar-refractivity contribution is -0.305. The number of methoxy groups -OCH3 is 1. The number of phenolic OH excluding ortho intramolecular Hbond substituents is 1. The molecule has 50 heavy (non-hydrogen) atoms. The van der Waals surface area contributed by atoms with Gasteiger partial charge >= 0.3 is 5.97 Å². The summed E-state index contributed by atoms with van der Waals surface area (Å²) in [6, 6.07) is 13.6. The van der Waals surface area contributed by atoms with Crippen LogP contribution in [0.15, 0.2) is 48.5 Å². The lowest BCUT2D eigenvalue weighted by Gasteiger charge is -2.45. The van der Waals surface area contributed by atoms with Gasteiger partial charge in [0, 0.05) is 23.7 Å². The van der Waals surface area contributed by atoms with Crippen LogP contribution in [0.4, 0.5) is 0 Å². The number of phenols is 1. The number of carboxylic acid groups (broad SMARTS) is 1. The maximum Gasteiger partial charge on any atom is 0.340 e. The molecule has 1 fully saturated rings. The smallest absolute Gasteiger partial charge is 0.340 e. The predicted molar refractivity (Wildman–Crippen MR) is 179 cm³/mol. The number of benzene rings is 3. The summed E-state index contributed by atoms with van der Waals surface area (Å²) in [5, 5.41) is 58.5. The van der Waals surface area contributed by atoms with Crippen molar-refractivity contribution < 1.29 is 58.7 Å². The van der Waals surface area contributed by atoms with E-state index in [1.54, 1.807) is 37.4 Å². The number of carboxylic acids is 1. The highest BCUT2D eigenvalue weighted by Crippen LogP contribution is 2.58. The molecule has 0 aliphatic carbocycles. The Kier molecular flexibility index (Phi) is 10.3. The number of fused-ring (bicyclic) bond motifs is 5. The van der Waals surface area contributed by atoms with Gasteiger partial charge in [-0.1, -0.05) is 32.0 Å². The van der Waals surface area contributed by atoms with Gasteiger partial charge in [-0.05, 0) is 61.3 Å². The van der Waals surface area contributed by atoms with E-state index in [-0.39, 0.29) is 30.6 Å². The molecular formula is C36H44N2O12. The van der Waals surface area contributed by atoms with Crippen LogP contribution in [0.25, 0.3) is 11.1 Å². The van der Waals surface area contributed by atoms with Gasteiger partial charge in [0.1, 0.15) is 48.4 Å². The van der Waals surface area contributed by atoms with Crippen molar-refractivity contribution in [2.75, 3.05) is 40.6 Å². The monoisotopic (exact) mass is 696 g/mol. The summed E-state index contributed by atoms with van der Waals surface area (Å²) >= 11 is 0. The number of rotatable bonds is 13. The second-order valence-electron chi connectivity index (χ2n) is 13.1. The first-order chi connectivity index (χ1) is 24.0. The molecule has 1 saturated heterocycles. The van der Waals surface area contributed by atoms with E-state index < -0.39 is 42.3 Å². The fourth-order valence-corrected chi connectivity index (χ4v) is 6.72. The molecule has 270 valence electrons. The second kappa shape index (κ2) is 14.5. The number of likely N-dealkylation sites (N-methyl/N-ethyl adjacent to an activating group) is 1. The lowest BCUT2D eigenvalue weighted by atomic mass is 9.85. The van der Waals surface area contributed by atoms with E-state index in [2.05, 4.69) is 24.5 Å². The van der Waals surface area contributed by atoms with Crippen LogP contribution < -0.4 is 34.3 Å². The number of aliphatic carboxylic acids is 1. The van der Waals surface area contributed by atoms with Gasteiger partial charge < -0.3 is 59.3 Å². The molecule has 6 rings (SSSR count). The zero-order chi connectivity index (χ0) is 35.7. The van der Waals surface area contributed by atoms with Crippen LogP contribution in [-0.4, -0.2) is 102 Å². The molecule has 3 heterocycles. The third-order valence-electron chi connectivity index (χ3n) is 9.33. The molecule has 14 nitrogen and oxygen atoms in total. The van der Waals surface area contributed by atoms with Crippen LogP contribution in [0.2, 0.25) is 0 Å². The van der Waals surface area contributed by atoms with Gasteiger partial charge in [0.15, 0.2) is 11.5 Å². The van der Waals surface area contributed by atoms with Crippen molar-refractivity contribution in [1.29, 1.82) is 0 Å². The normalized spacial score (nSPS) is 26.6. The Hall–Kier alpha value is -4.31. The van der Waals surface area contributed by atoms with Crippen molar-refractivity contribution in [3.8, 4) is 45.6 Å². The number of hydrogen-bond donors (Lipinski definition) is 7. The number of aliphatic hydroxyl groups is 3.